The largest absolute Gasteiger partial charge is 0.345 e. The van der Waals surface area contributed by atoms with E-state index in [1.807, 2.05) is 49.1 Å². The van der Waals surface area contributed by atoms with E-state index >= 15 is 0 Å². The summed E-state index contributed by atoms with van der Waals surface area (Å²) in [6.45, 7) is 5.52. The molecule has 2 amide bonds. The Morgan fingerprint density at radius 2 is 1.87 bits per heavy atom. The average molecular weight is 312 g/mol. The van der Waals surface area contributed by atoms with Crippen LogP contribution in [0.3, 0.4) is 0 Å². The second kappa shape index (κ2) is 8.38. The van der Waals surface area contributed by atoms with E-state index in [0.717, 1.165) is 18.4 Å². The van der Waals surface area contributed by atoms with E-state index in [-0.39, 0.29) is 23.7 Å². The molecule has 0 bridgehead atoms. The Balaban J connectivity index is 1.73. The molecule has 1 aromatic rings. The minimum Gasteiger partial charge on any atom is -0.345 e. The van der Waals surface area contributed by atoms with Crippen molar-refractivity contribution >= 4 is 11.8 Å². The maximum Gasteiger partial charge on any atom is 0.225 e. The normalized spacial score (nSPS) is 15.0. The maximum absolute atomic E-state index is 12.1. The summed E-state index contributed by atoms with van der Waals surface area (Å²) in [6.07, 6.45) is 1.47. The molecule has 1 fully saturated rings. The molecule has 23 heavy (non-hydrogen) atoms. The van der Waals surface area contributed by atoms with Crippen molar-refractivity contribution in [1.29, 1.82) is 0 Å². The summed E-state index contributed by atoms with van der Waals surface area (Å²) in [5, 5.41) is 2.87. The van der Waals surface area contributed by atoms with E-state index < -0.39 is 0 Å². The van der Waals surface area contributed by atoms with E-state index in [4.69, 9.17) is 0 Å². The fourth-order valence-electron chi connectivity index (χ4n) is 2.67. The number of carbonyl (C=O) groups excluding carboxylic acids is 2. The minimum absolute atomic E-state index is 0.00950. The summed E-state index contributed by atoms with van der Waals surface area (Å²) in [5.41, 5.74) is 0.947. The lowest BCUT2D eigenvalue weighted by Crippen LogP contribution is -2.44. The highest BCUT2D eigenvalue weighted by Crippen LogP contribution is 2.18. The third-order valence-electron chi connectivity index (χ3n) is 4.03. The fourth-order valence-corrected chi connectivity index (χ4v) is 2.67. The fraction of sp³-hybridized carbons (Fsp3) is 0.474. The van der Waals surface area contributed by atoms with Crippen molar-refractivity contribution in [3.63, 3.8) is 0 Å². The van der Waals surface area contributed by atoms with Crippen LogP contribution >= 0.6 is 0 Å². The van der Waals surface area contributed by atoms with Gasteiger partial charge in [0.25, 0.3) is 0 Å². The molecule has 0 spiro atoms. The molecule has 1 heterocycles. The topological polar surface area (TPSA) is 49.4 Å². The van der Waals surface area contributed by atoms with Gasteiger partial charge in [-0.15, -0.1) is 0 Å². The molecule has 4 heteroatoms. The van der Waals surface area contributed by atoms with Gasteiger partial charge in [-0.25, -0.2) is 0 Å². The minimum atomic E-state index is -0.00950. The molecular weight excluding hydrogens is 288 g/mol. The average Bonchev–Trinajstić information content (AvgIpc) is 2.59. The second-order valence-corrected chi connectivity index (χ2v) is 6.14. The first kappa shape index (κ1) is 17.1. The number of nitrogens with zero attached hydrogens (tertiary/aromatic N) is 1. The molecule has 122 valence electrons. The number of benzene rings is 1. The molecule has 0 saturated carbocycles. The monoisotopic (exact) mass is 312 g/mol. The number of nitrogens with one attached hydrogen (secondary N) is 1. The molecule has 0 aliphatic carbocycles. The van der Waals surface area contributed by atoms with Gasteiger partial charge in [0.2, 0.25) is 11.8 Å². The van der Waals surface area contributed by atoms with Gasteiger partial charge in [-0.3, -0.25) is 9.59 Å². The van der Waals surface area contributed by atoms with Crippen molar-refractivity contribution in [2.45, 2.75) is 26.7 Å². The van der Waals surface area contributed by atoms with E-state index in [0.29, 0.717) is 19.6 Å². The Bertz CT molecular complexity index is 591. The van der Waals surface area contributed by atoms with Gasteiger partial charge in [0.15, 0.2) is 0 Å². The van der Waals surface area contributed by atoms with Crippen LogP contribution in [0.15, 0.2) is 30.3 Å². The van der Waals surface area contributed by atoms with Gasteiger partial charge < -0.3 is 10.2 Å². The van der Waals surface area contributed by atoms with Crippen molar-refractivity contribution in [2.24, 2.45) is 11.8 Å². The standard InChI is InChI=1S/C19H24N2O2/c1-15(2)19(23)21-13-10-17(11-14-21)18(22)20-12-6-9-16-7-4-3-5-8-16/h3-5,7-8,15,17H,10-14H2,1-2H3,(H,20,22). The molecule has 2 rings (SSSR count). The smallest absolute Gasteiger partial charge is 0.225 e. The summed E-state index contributed by atoms with van der Waals surface area (Å²) in [6, 6.07) is 9.71. The van der Waals surface area contributed by atoms with E-state index in [2.05, 4.69) is 17.2 Å². The van der Waals surface area contributed by atoms with Crippen LogP contribution in [0.25, 0.3) is 0 Å². The zero-order valence-corrected chi connectivity index (χ0v) is 13.8. The highest BCUT2D eigenvalue weighted by molar-refractivity contribution is 5.80. The number of hydrogen-bond donors (Lipinski definition) is 1. The summed E-state index contributed by atoms with van der Waals surface area (Å²) in [7, 11) is 0. The first-order valence-corrected chi connectivity index (χ1v) is 8.18. The van der Waals surface area contributed by atoms with Gasteiger partial charge in [-0.05, 0) is 25.0 Å². The van der Waals surface area contributed by atoms with Crippen LogP contribution in [0.2, 0.25) is 0 Å². The molecule has 0 aromatic heterocycles. The third kappa shape index (κ3) is 5.14. The molecular formula is C19H24N2O2. The van der Waals surface area contributed by atoms with Crippen LogP contribution in [0.5, 0.6) is 0 Å². The van der Waals surface area contributed by atoms with E-state index in [9.17, 15) is 9.59 Å². The number of amides is 2. The van der Waals surface area contributed by atoms with Crippen LogP contribution in [-0.4, -0.2) is 36.3 Å². The molecule has 1 N–H and O–H groups in total. The van der Waals surface area contributed by atoms with Crippen LogP contribution in [0, 0.1) is 23.7 Å². The van der Waals surface area contributed by atoms with Gasteiger partial charge in [0.05, 0.1) is 6.54 Å². The molecule has 1 aromatic carbocycles. The Labute approximate surface area is 138 Å². The van der Waals surface area contributed by atoms with Crippen molar-refractivity contribution in [2.75, 3.05) is 19.6 Å². The van der Waals surface area contributed by atoms with Crippen LogP contribution in [0.4, 0.5) is 0 Å². The number of rotatable bonds is 3. The van der Waals surface area contributed by atoms with Gasteiger partial charge in [-0.1, -0.05) is 43.9 Å². The maximum atomic E-state index is 12.1. The second-order valence-electron chi connectivity index (χ2n) is 6.14. The highest BCUT2D eigenvalue weighted by atomic mass is 16.2. The number of hydrogen-bond acceptors (Lipinski definition) is 2. The lowest BCUT2D eigenvalue weighted by molar-refractivity contribution is -0.138. The van der Waals surface area contributed by atoms with Crippen LogP contribution < -0.4 is 5.32 Å². The van der Waals surface area contributed by atoms with Gasteiger partial charge in [0.1, 0.15) is 0 Å². The SMILES string of the molecule is CC(C)C(=O)N1CCC(C(=O)NCC#Cc2ccccc2)CC1. The number of carbonyl (C=O) groups is 2. The zero-order valence-electron chi connectivity index (χ0n) is 13.8. The van der Waals surface area contributed by atoms with Gasteiger partial charge in [-0.2, -0.15) is 0 Å². The van der Waals surface area contributed by atoms with Crippen molar-refractivity contribution in [1.82, 2.24) is 10.2 Å². The Hall–Kier alpha value is -2.28. The Morgan fingerprint density at radius 1 is 1.22 bits per heavy atom. The lowest BCUT2D eigenvalue weighted by Gasteiger charge is -2.32. The Morgan fingerprint density at radius 3 is 2.48 bits per heavy atom. The molecule has 4 nitrogen and oxygen atoms in total. The van der Waals surface area contributed by atoms with Crippen LogP contribution in [-0.2, 0) is 9.59 Å². The quantitative estimate of drug-likeness (QED) is 0.869. The Kier molecular flexibility index (Phi) is 6.22. The lowest BCUT2D eigenvalue weighted by atomic mass is 9.95. The van der Waals surface area contributed by atoms with Crippen molar-refractivity contribution < 1.29 is 9.59 Å². The number of likely N-dealkylation sites (tertiary alicyclic amines) is 1. The van der Waals surface area contributed by atoms with Crippen LogP contribution in [0.1, 0.15) is 32.3 Å². The van der Waals surface area contributed by atoms with Gasteiger partial charge >= 0.3 is 0 Å². The zero-order chi connectivity index (χ0) is 16.7. The third-order valence-corrected chi connectivity index (χ3v) is 4.03. The number of piperidine rings is 1. The van der Waals surface area contributed by atoms with Crippen molar-refractivity contribution in [3.05, 3.63) is 35.9 Å². The first-order valence-electron chi connectivity index (χ1n) is 8.18. The van der Waals surface area contributed by atoms with Gasteiger partial charge in [0, 0.05) is 30.5 Å². The predicted octanol–water partition coefficient (Wildman–Crippen LogP) is 2.05. The summed E-state index contributed by atoms with van der Waals surface area (Å²) < 4.78 is 0. The highest BCUT2D eigenvalue weighted by Gasteiger charge is 2.27. The predicted molar refractivity (Wildman–Crippen MR) is 90.5 cm³/mol. The van der Waals surface area contributed by atoms with E-state index in [1.165, 1.54) is 0 Å². The molecule has 0 unspecified atom stereocenters. The molecule has 1 aliphatic heterocycles. The summed E-state index contributed by atoms with van der Waals surface area (Å²) >= 11 is 0. The molecule has 1 saturated heterocycles. The summed E-state index contributed by atoms with van der Waals surface area (Å²) in [5.74, 6) is 6.22. The van der Waals surface area contributed by atoms with E-state index in [1.54, 1.807) is 0 Å². The summed E-state index contributed by atoms with van der Waals surface area (Å²) in [4.78, 5) is 25.9. The van der Waals surface area contributed by atoms with Crippen molar-refractivity contribution in [3.8, 4) is 11.8 Å². The molecule has 1 aliphatic rings. The first-order chi connectivity index (χ1) is 11.1. The molecule has 0 atom stereocenters. The molecule has 0 radical (unpaired) electrons.